The average molecular weight is 467 g/mol. The summed E-state index contributed by atoms with van der Waals surface area (Å²) in [5.74, 6) is -2.00. The molecule has 0 saturated carbocycles. The van der Waals surface area contributed by atoms with Crippen molar-refractivity contribution in [1.82, 2.24) is 10.6 Å². The second-order valence-corrected chi connectivity index (χ2v) is 10.4. The van der Waals surface area contributed by atoms with Crippen molar-refractivity contribution in [3.63, 3.8) is 0 Å². The largest absolute Gasteiger partial charge is 0.480 e. The molecule has 2 atom stereocenters. The molecule has 2 unspecified atom stereocenters. The van der Waals surface area contributed by atoms with Crippen molar-refractivity contribution in [2.75, 3.05) is 6.61 Å². The summed E-state index contributed by atoms with van der Waals surface area (Å²) in [7, 11) is 0. The normalized spacial score (nSPS) is 14.6. The number of benzene rings is 2. The Morgan fingerprint density at radius 2 is 1.47 bits per heavy atom. The molecule has 2 aromatic carbocycles. The van der Waals surface area contributed by atoms with E-state index in [1.165, 1.54) is 0 Å². The van der Waals surface area contributed by atoms with Crippen LogP contribution in [-0.4, -0.2) is 41.8 Å². The Bertz CT molecular complexity index is 1010. The predicted octanol–water partition coefficient (Wildman–Crippen LogP) is 4.56. The first kappa shape index (κ1) is 25.3. The third-order valence-corrected chi connectivity index (χ3v) is 6.00. The fourth-order valence-electron chi connectivity index (χ4n) is 4.38. The van der Waals surface area contributed by atoms with Gasteiger partial charge in [0.25, 0.3) is 0 Å². The summed E-state index contributed by atoms with van der Waals surface area (Å²) in [6, 6.07) is 14.1. The monoisotopic (exact) mass is 466 g/mol. The number of carbonyl (C=O) groups is 3. The van der Waals surface area contributed by atoms with E-state index in [2.05, 4.69) is 22.8 Å². The number of carboxylic acid groups (broad SMARTS) is 1. The number of nitrogens with one attached hydrogen (secondary N) is 2. The summed E-state index contributed by atoms with van der Waals surface area (Å²) >= 11 is 0. The number of fused-ring (bicyclic) bond motifs is 3. The Morgan fingerprint density at radius 3 is 1.94 bits per heavy atom. The summed E-state index contributed by atoms with van der Waals surface area (Å²) in [6.07, 6.45) is -0.442. The van der Waals surface area contributed by atoms with Gasteiger partial charge >= 0.3 is 12.1 Å². The molecule has 0 bridgehead atoms. The third kappa shape index (κ3) is 5.95. The second-order valence-electron chi connectivity index (χ2n) is 10.4. The van der Waals surface area contributed by atoms with E-state index in [0.29, 0.717) is 0 Å². The van der Waals surface area contributed by atoms with Gasteiger partial charge in [-0.3, -0.25) is 4.79 Å². The van der Waals surface area contributed by atoms with Crippen molar-refractivity contribution in [2.45, 2.75) is 59.0 Å². The van der Waals surface area contributed by atoms with Gasteiger partial charge in [0.15, 0.2) is 0 Å². The molecule has 3 rings (SSSR count). The van der Waals surface area contributed by atoms with Crippen LogP contribution in [0, 0.1) is 11.3 Å². The zero-order chi connectivity index (χ0) is 25.0. The van der Waals surface area contributed by atoms with Crippen LogP contribution in [0.3, 0.4) is 0 Å². The highest BCUT2D eigenvalue weighted by Gasteiger charge is 2.33. The second kappa shape index (κ2) is 10.3. The average Bonchev–Trinajstić information content (AvgIpc) is 3.08. The SMILES string of the molecule is CC(C)C(NC(=O)OCC1c2ccccc2-c2ccccc21)C(=O)NC(CC(C)(C)C)C(=O)O. The minimum atomic E-state index is -1.10. The summed E-state index contributed by atoms with van der Waals surface area (Å²) in [6.45, 7) is 9.42. The molecule has 0 radical (unpaired) electrons. The van der Waals surface area contributed by atoms with E-state index < -0.39 is 30.1 Å². The van der Waals surface area contributed by atoms with Crippen LogP contribution in [-0.2, 0) is 14.3 Å². The highest BCUT2D eigenvalue weighted by atomic mass is 16.5. The number of ether oxygens (including phenoxy) is 1. The maximum absolute atomic E-state index is 12.9. The van der Waals surface area contributed by atoms with Crippen LogP contribution in [0.4, 0.5) is 4.79 Å². The molecule has 1 aliphatic rings. The molecule has 0 fully saturated rings. The van der Waals surface area contributed by atoms with Gasteiger partial charge in [0.1, 0.15) is 18.7 Å². The van der Waals surface area contributed by atoms with E-state index in [1.807, 2.05) is 57.2 Å². The van der Waals surface area contributed by atoms with E-state index in [4.69, 9.17) is 4.74 Å². The molecule has 1 aliphatic carbocycles. The quantitative estimate of drug-likeness (QED) is 0.529. The van der Waals surface area contributed by atoms with E-state index in [1.54, 1.807) is 13.8 Å². The summed E-state index contributed by atoms with van der Waals surface area (Å²) in [5.41, 5.74) is 4.17. The molecular formula is C27H34N2O5. The molecule has 7 nitrogen and oxygen atoms in total. The van der Waals surface area contributed by atoms with Crippen molar-refractivity contribution in [2.24, 2.45) is 11.3 Å². The fourth-order valence-corrected chi connectivity index (χ4v) is 4.38. The van der Waals surface area contributed by atoms with Crippen LogP contribution < -0.4 is 10.6 Å². The first-order valence-corrected chi connectivity index (χ1v) is 11.6. The lowest BCUT2D eigenvalue weighted by molar-refractivity contribution is -0.143. The molecule has 7 heteroatoms. The van der Waals surface area contributed by atoms with Gasteiger partial charge in [0.05, 0.1) is 0 Å². The van der Waals surface area contributed by atoms with E-state index in [-0.39, 0.29) is 30.3 Å². The highest BCUT2D eigenvalue weighted by molar-refractivity contribution is 5.89. The Hall–Kier alpha value is -3.35. The van der Waals surface area contributed by atoms with E-state index in [0.717, 1.165) is 22.3 Å². The Kier molecular flexibility index (Phi) is 7.64. The summed E-state index contributed by atoms with van der Waals surface area (Å²) < 4.78 is 5.56. The van der Waals surface area contributed by atoms with Crippen LogP contribution in [0.15, 0.2) is 48.5 Å². The number of carbonyl (C=O) groups excluding carboxylic acids is 2. The van der Waals surface area contributed by atoms with E-state index >= 15 is 0 Å². The smallest absolute Gasteiger partial charge is 0.407 e. The van der Waals surface area contributed by atoms with Gasteiger partial charge in [0, 0.05) is 5.92 Å². The first-order chi connectivity index (χ1) is 16.0. The van der Waals surface area contributed by atoms with Crippen molar-refractivity contribution in [3.05, 3.63) is 59.7 Å². The number of alkyl carbamates (subject to hydrolysis) is 1. The van der Waals surface area contributed by atoms with Gasteiger partial charge < -0.3 is 20.5 Å². The van der Waals surface area contributed by atoms with Crippen LogP contribution in [0.5, 0.6) is 0 Å². The number of rotatable bonds is 8. The number of carboxylic acids is 1. The Balaban J connectivity index is 1.66. The standard InChI is InChI=1S/C27H34N2O5/c1-16(2)23(24(30)28-22(25(31)32)14-27(3,4)5)29-26(33)34-15-21-19-12-8-6-10-17(19)18-11-7-9-13-20(18)21/h6-13,16,21-23H,14-15H2,1-5H3,(H,28,30)(H,29,33)(H,31,32). The number of amides is 2. The fraction of sp³-hybridized carbons (Fsp3) is 0.444. The molecule has 0 aromatic heterocycles. The summed E-state index contributed by atoms with van der Waals surface area (Å²) in [4.78, 5) is 37.2. The van der Waals surface area contributed by atoms with Gasteiger partial charge in [-0.05, 0) is 40.0 Å². The lowest BCUT2D eigenvalue weighted by Crippen LogP contribution is -2.54. The van der Waals surface area contributed by atoms with Gasteiger partial charge in [0.2, 0.25) is 5.91 Å². The minimum Gasteiger partial charge on any atom is -0.480 e. The molecule has 3 N–H and O–H groups in total. The summed E-state index contributed by atoms with van der Waals surface area (Å²) in [5, 5.41) is 14.7. The van der Waals surface area contributed by atoms with Crippen molar-refractivity contribution < 1.29 is 24.2 Å². The third-order valence-electron chi connectivity index (χ3n) is 6.00. The Labute approximate surface area is 200 Å². The number of hydrogen-bond donors (Lipinski definition) is 3. The number of hydrogen-bond acceptors (Lipinski definition) is 4. The molecule has 0 aliphatic heterocycles. The maximum Gasteiger partial charge on any atom is 0.407 e. The van der Waals surface area contributed by atoms with Crippen LogP contribution >= 0.6 is 0 Å². The minimum absolute atomic E-state index is 0.0901. The van der Waals surface area contributed by atoms with Crippen LogP contribution in [0.25, 0.3) is 11.1 Å². The van der Waals surface area contributed by atoms with E-state index in [9.17, 15) is 19.5 Å². The zero-order valence-corrected chi connectivity index (χ0v) is 20.4. The molecule has 0 saturated heterocycles. The van der Waals surface area contributed by atoms with Gasteiger partial charge in [-0.2, -0.15) is 0 Å². The highest BCUT2D eigenvalue weighted by Crippen LogP contribution is 2.44. The molecule has 2 aromatic rings. The van der Waals surface area contributed by atoms with Crippen LogP contribution in [0.1, 0.15) is 58.1 Å². The number of aliphatic carboxylic acids is 1. The zero-order valence-electron chi connectivity index (χ0n) is 20.4. The van der Waals surface area contributed by atoms with Crippen molar-refractivity contribution in [3.8, 4) is 11.1 Å². The topological polar surface area (TPSA) is 105 Å². The molecular weight excluding hydrogens is 432 g/mol. The van der Waals surface area contributed by atoms with Gasteiger partial charge in [-0.15, -0.1) is 0 Å². The molecule has 0 heterocycles. The van der Waals surface area contributed by atoms with Gasteiger partial charge in [-0.25, -0.2) is 9.59 Å². The molecule has 34 heavy (non-hydrogen) atoms. The molecule has 182 valence electrons. The lowest BCUT2D eigenvalue weighted by atomic mass is 9.88. The van der Waals surface area contributed by atoms with Crippen LogP contribution in [0.2, 0.25) is 0 Å². The van der Waals surface area contributed by atoms with Gasteiger partial charge in [-0.1, -0.05) is 83.1 Å². The Morgan fingerprint density at radius 1 is 0.941 bits per heavy atom. The van der Waals surface area contributed by atoms with Crippen molar-refractivity contribution >= 4 is 18.0 Å². The van der Waals surface area contributed by atoms with Crippen molar-refractivity contribution in [1.29, 1.82) is 0 Å². The lowest BCUT2D eigenvalue weighted by Gasteiger charge is -2.27. The molecule has 2 amide bonds. The first-order valence-electron chi connectivity index (χ1n) is 11.6. The predicted molar refractivity (Wildman–Crippen MR) is 130 cm³/mol. The maximum atomic E-state index is 12.9. The molecule has 0 spiro atoms.